The zero-order valence-electron chi connectivity index (χ0n) is 4.60. The van der Waals surface area contributed by atoms with Crippen molar-refractivity contribution in [2.45, 2.75) is 6.92 Å². The van der Waals surface area contributed by atoms with Gasteiger partial charge in [-0.25, -0.2) is 4.42 Å². The lowest BCUT2D eigenvalue weighted by Crippen LogP contribution is -3.00. The molecule has 8 heavy (non-hydrogen) atoms. The van der Waals surface area contributed by atoms with Gasteiger partial charge in [0.15, 0.2) is 0 Å². The molecule has 1 aromatic heterocycles. The fraction of sp³-hybridized carbons (Fsp3) is 0.167. The van der Waals surface area contributed by atoms with Gasteiger partial charge in [-0.15, -0.1) is 0 Å². The summed E-state index contributed by atoms with van der Waals surface area (Å²) >= 11 is 0. The molecule has 1 nitrogen and oxygen atoms in total. The Hall–Kier alpha value is -0.120. The molecule has 0 saturated heterocycles. The first kappa shape index (κ1) is 7.88. The molecule has 0 amide bonds. The highest BCUT2D eigenvalue weighted by Crippen LogP contribution is 1.92. The lowest BCUT2D eigenvalue weighted by molar-refractivity contribution is -0.00000208. The van der Waals surface area contributed by atoms with Crippen LogP contribution in [-0.2, 0) is 0 Å². The van der Waals surface area contributed by atoms with E-state index in [2.05, 4.69) is 0 Å². The Morgan fingerprint density at radius 2 is 2.12 bits per heavy atom. The topological polar surface area (TPSA) is 11.3 Å². The number of hydrogen-bond acceptors (Lipinski definition) is 0. The fourth-order valence-corrected chi connectivity index (χ4v) is 0.422. The molecule has 0 atom stereocenters. The average Bonchev–Trinajstić information content (AvgIpc) is 1.69. The minimum atomic E-state index is 0. The van der Waals surface area contributed by atoms with Crippen LogP contribution in [0.25, 0.3) is 0 Å². The van der Waals surface area contributed by atoms with Crippen molar-refractivity contribution in [2.24, 2.45) is 0 Å². The van der Waals surface area contributed by atoms with Crippen LogP contribution in [0.5, 0.6) is 0 Å². The summed E-state index contributed by atoms with van der Waals surface area (Å²) in [6.07, 6.45) is 1.66. The second-order valence-electron chi connectivity index (χ2n) is 1.42. The SMILES string of the molecule is Cc1cccc[o+]1.[I-]. The molecule has 0 bridgehead atoms. The van der Waals surface area contributed by atoms with E-state index in [0.29, 0.717) is 0 Å². The van der Waals surface area contributed by atoms with Gasteiger partial charge >= 0.3 is 12.0 Å². The first-order chi connectivity index (χ1) is 3.39. The average molecular weight is 222 g/mol. The summed E-state index contributed by atoms with van der Waals surface area (Å²) < 4.78 is 4.93. The number of rotatable bonds is 0. The molecule has 1 heterocycles. The van der Waals surface area contributed by atoms with E-state index >= 15 is 0 Å². The van der Waals surface area contributed by atoms with Crippen LogP contribution >= 0.6 is 0 Å². The van der Waals surface area contributed by atoms with Gasteiger partial charge in [0.2, 0.25) is 0 Å². The first-order valence-corrected chi connectivity index (χ1v) is 2.23. The van der Waals surface area contributed by atoms with Gasteiger partial charge in [-0.05, 0) is 6.07 Å². The molecule has 0 N–H and O–H groups in total. The summed E-state index contributed by atoms with van der Waals surface area (Å²) in [4.78, 5) is 0. The second-order valence-corrected chi connectivity index (χ2v) is 1.42. The molecule has 0 aromatic carbocycles. The zero-order chi connectivity index (χ0) is 5.11. The molecule has 0 unspecified atom stereocenters. The van der Waals surface area contributed by atoms with Crippen molar-refractivity contribution in [3.05, 3.63) is 30.2 Å². The highest BCUT2D eigenvalue weighted by atomic mass is 127. The van der Waals surface area contributed by atoms with Crippen molar-refractivity contribution in [2.75, 3.05) is 0 Å². The van der Waals surface area contributed by atoms with Crippen LogP contribution in [0.3, 0.4) is 0 Å². The van der Waals surface area contributed by atoms with E-state index in [4.69, 9.17) is 4.42 Å². The van der Waals surface area contributed by atoms with Gasteiger partial charge < -0.3 is 24.0 Å². The molecule has 2 heteroatoms. The van der Waals surface area contributed by atoms with Gasteiger partial charge in [0.1, 0.15) is 0 Å². The maximum Gasteiger partial charge on any atom is 0.325 e. The maximum atomic E-state index is 4.93. The minimum Gasteiger partial charge on any atom is -1.00 e. The van der Waals surface area contributed by atoms with E-state index in [-0.39, 0.29) is 24.0 Å². The van der Waals surface area contributed by atoms with E-state index < -0.39 is 0 Å². The van der Waals surface area contributed by atoms with Gasteiger partial charge in [-0.1, -0.05) is 0 Å². The van der Waals surface area contributed by atoms with Crippen molar-refractivity contribution >= 4 is 0 Å². The third-order valence-corrected chi connectivity index (χ3v) is 0.775. The Bertz CT molecular complexity index is 138. The molecule has 0 aliphatic rings. The molecule has 0 aliphatic carbocycles. The zero-order valence-corrected chi connectivity index (χ0v) is 6.75. The summed E-state index contributed by atoms with van der Waals surface area (Å²) in [7, 11) is 0. The van der Waals surface area contributed by atoms with Crippen LogP contribution in [0.15, 0.2) is 28.9 Å². The molecule has 0 fully saturated rings. The second kappa shape index (κ2) is 3.83. The highest BCUT2D eigenvalue weighted by molar-refractivity contribution is 4.95. The van der Waals surface area contributed by atoms with Gasteiger partial charge in [0, 0.05) is 12.1 Å². The normalized spacial score (nSPS) is 7.62. The Labute approximate surface area is 65.7 Å². The van der Waals surface area contributed by atoms with Crippen molar-refractivity contribution in [3.63, 3.8) is 0 Å². The van der Waals surface area contributed by atoms with E-state index in [1.165, 1.54) is 0 Å². The number of halogens is 1. The van der Waals surface area contributed by atoms with E-state index in [9.17, 15) is 0 Å². The van der Waals surface area contributed by atoms with Crippen molar-refractivity contribution in [1.82, 2.24) is 0 Å². The van der Waals surface area contributed by atoms with Crippen LogP contribution in [0, 0.1) is 6.92 Å². The maximum absolute atomic E-state index is 4.93. The molecule has 0 aliphatic heterocycles. The largest absolute Gasteiger partial charge is 1.00 e. The quantitative estimate of drug-likeness (QED) is 0.399. The number of hydrogen-bond donors (Lipinski definition) is 0. The third-order valence-electron chi connectivity index (χ3n) is 0.775. The molecule has 0 radical (unpaired) electrons. The lowest BCUT2D eigenvalue weighted by atomic mass is 10.4. The van der Waals surface area contributed by atoms with Gasteiger partial charge in [-0.3, -0.25) is 0 Å². The summed E-state index contributed by atoms with van der Waals surface area (Å²) in [5.74, 6) is 0.947. The Morgan fingerprint density at radius 3 is 2.38 bits per heavy atom. The summed E-state index contributed by atoms with van der Waals surface area (Å²) in [6, 6.07) is 5.71. The predicted molar refractivity (Wildman–Crippen MR) is 27.9 cm³/mol. The molecular weight excluding hydrogens is 215 g/mol. The minimum absolute atomic E-state index is 0. The van der Waals surface area contributed by atoms with Crippen molar-refractivity contribution < 1.29 is 28.4 Å². The molecule has 1 aromatic rings. The molecule has 0 spiro atoms. The summed E-state index contributed by atoms with van der Waals surface area (Å²) in [5.41, 5.74) is 0. The van der Waals surface area contributed by atoms with Crippen LogP contribution in [0.1, 0.15) is 5.76 Å². The molecule has 1 rings (SSSR count). The Balaban J connectivity index is 0.000000490. The highest BCUT2D eigenvalue weighted by Gasteiger charge is 1.89. The van der Waals surface area contributed by atoms with Crippen molar-refractivity contribution in [1.29, 1.82) is 0 Å². The lowest BCUT2D eigenvalue weighted by Gasteiger charge is -1.68. The molecule has 44 valence electrons. The molecular formula is C6H7IO. The smallest absolute Gasteiger partial charge is 0.325 e. The van der Waals surface area contributed by atoms with Crippen LogP contribution in [0.2, 0.25) is 0 Å². The Kier molecular flexibility index (Phi) is 3.77. The third kappa shape index (κ3) is 2.26. The molecule has 0 saturated carbocycles. The standard InChI is InChI=1S/C6H7O.HI/c1-6-4-2-3-5-7-6;/h2-5H,1H3;1H/q+1;/p-1. The first-order valence-electron chi connectivity index (χ1n) is 2.23. The van der Waals surface area contributed by atoms with Gasteiger partial charge in [0.25, 0.3) is 0 Å². The number of aryl methyl sites for hydroxylation is 1. The van der Waals surface area contributed by atoms with Crippen LogP contribution < -0.4 is 24.0 Å². The van der Waals surface area contributed by atoms with Gasteiger partial charge in [-0.2, -0.15) is 0 Å². The Morgan fingerprint density at radius 1 is 1.38 bits per heavy atom. The van der Waals surface area contributed by atoms with E-state index in [1.807, 2.05) is 25.1 Å². The van der Waals surface area contributed by atoms with E-state index in [1.54, 1.807) is 6.26 Å². The fourth-order valence-electron chi connectivity index (χ4n) is 0.422. The van der Waals surface area contributed by atoms with Crippen molar-refractivity contribution in [3.8, 4) is 0 Å². The van der Waals surface area contributed by atoms with E-state index in [0.717, 1.165) is 5.76 Å². The predicted octanol–water partition coefficient (Wildman–Crippen LogP) is -1.13. The summed E-state index contributed by atoms with van der Waals surface area (Å²) in [6.45, 7) is 1.92. The monoisotopic (exact) mass is 222 g/mol. The van der Waals surface area contributed by atoms with Crippen LogP contribution in [-0.4, -0.2) is 0 Å². The summed E-state index contributed by atoms with van der Waals surface area (Å²) in [5, 5.41) is 0. The van der Waals surface area contributed by atoms with Crippen LogP contribution in [0.4, 0.5) is 0 Å². The van der Waals surface area contributed by atoms with Gasteiger partial charge in [0.05, 0.1) is 6.92 Å².